The number of aromatic nitrogens is 3. The zero-order valence-electron chi connectivity index (χ0n) is 16.1. The zero-order chi connectivity index (χ0) is 20.6. The van der Waals surface area contributed by atoms with Crippen LogP contribution >= 0.6 is 11.6 Å². The fraction of sp³-hybridized carbons (Fsp3) is 0.333. The van der Waals surface area contributed by atoms with Crippen LogP contribution in [0.4, 0.5) is 0 Å². The lowest BCUT2D eigenvalue weighted by Crippen LogP contribution is -2.19. The largest absolute Gasteiger partial charge is 0.313 e. The highest BCUT2D eigenvalue weighted by molar-refractivity contribution is 7.91. The minimum atomic E-state index is -3.08. The van der Waals surface area contributed by atoms with E-state index < -0.39 is 9.84 Å². The minimum absolute atomic E-state index is 0.0237. The first-order chi connectivity index (χ1) is 13.9. The second kappa shape index (κ2) is 7.80. The van der Waals surface area contributed by atoms with Gasteiger partial charge in [0.05, 0.1) is 22.9 Å². The summed E-state index contributed by atoms with van der Waals surface area (Å²) in [6.45, 7) is 2.67. The van der Waals surface area contributed by atoms with E-state index in [0.717, 1.165) is 36.1 Å². The van der Waals surface area contributed by atoms with Crippen LogP contribution in [0, 0.1) is 0 Å². The van der Waals surface area contributed by atoms with Gasteiger partial charge in [0.1, 0.15) is 0 Å². The van der Waals surface area contributed by atoms with Crippen molar-refractivity contribution in [2.75, 3.05) is 0 Å². The van der Waals surface area contributed by atoms with Gasteiger partial charge in [-0.25, -0.2) is 13.1 Å². The monoisotopic (exact) mass is 431 g/mol. The van der Waals surface area contributed by atoms with Gasteiger partial charge in [0.25, 0.3) is 5.56 Å². The molecule has 29 heavy (non-hydrogen) atoms. The molecule has 1 aliphatic rings. The van der Waals surface area contributed by atoms with E-state index in [1.54, 1.807) is 39.8 Å². The molecule has 0 amide bonds. The van der Waals surface area contributed by atoms with Crippen LogP contribution in [0.15, 0.2) is 53.7 Å². The second-order valence-electron chi connectivity index (χ2n) is 7.41. The number of hydrogen-bond donors (Lipinski definition) is 0. The number of benzene rings is 1. The summed E-state index contributed by atoms with van der Waals surface area (Å²) in [7, 11) is -3.08. The Hall–Kier alpha value is -2.38. The Morgan fingerprint density at radius 2 is 1.97 bits per heavy atom. The number of sulfone groups is 1. The van der Waals surface area contributed by atoms with Gasteiger partial charge in [-0.1, -0.05) is 30.7 Å². The van der Waals surface area contributed by atoms with E-state index in [4.69, 9.17) is 11.6 Å². The molecule has 0 saturated heterocycles. The summed E-state index contributed by atoms with van der Waals surface area (Å²) >= 11 is 6.45. The van der Waals surface area contributed by atoms with Gasteiger partial charge in [0.2, 0.25) is 0 Å². The fourth-order valence-electron chi connectivity index (χ4n) is 3.33. The van der Waals surface area contributed by atoms with E-state index >= 15 is 0 Å². The van der Waals surface area contributed by atoms with E-state index in [-0.39, 0.29) is 16.6 Å². The van der Waals surface area contributed by atoms with Crippen LogP contribution in [-0.4, -0.2) is 28.0 Å². The number of pyridine rings is 1. The quantitative estimate of drug-likeness (QED) is 0.569. The molecule has 6 nitrogen and oxygen atoms in total. The zero-order valence-corrected chi connectivity index (χ0v) is 17.7. The third-order valence-electron chi connectivity index (χ3n) is 5.02. The molecule has 4 rings (SSSR count). The van der Waals surface area contributed by atoms with Crippen molar-refractivity contribution in [2.45, 2.75) is 43.7 Å². The van der Waals surface area contributed by atoms with E-state index in [0.29, 0.717) is 17.1 Å². The van der Waals surface area contributed by atoms with Gasteiger partial charge in [-0.05, 0) is 37.0 Å². The summed E-state index contributed by atoms with van der Waals surface area (Å²) in [6.07, 6.45) is 7.73. The second-order valence-corrected chi connectivity index (χ2v) is 10.1. The van der Waals surface area contributed by atoms with Gasteiger partial charge in [-0.2, -0.15) is 5.10 Å². The number of halogens is 1. The molecule has 0 atom stereocenters. The molecule has 1 aromatic carbocycles. The molecule has 3 aromatic rings. The predicted octanol–water partition coefficient (Wildman–Crippen LogP) is 3.84. The highest BCUT2D eigenvalue weighted by Gasteiger charge is 2.35. The lowest BCUT2D eigenvalue weighted by atomic mass is 10.1. The van der Waals surface area contributed by atoms with Crippen LogP contribution in [0.2, 0.25) is 5.02 Å². The summed E-state index contributed by atoms with van der Waals surface area (Å²) in [6, 6.07) is 8.63. The van der Waals surface area contributed by atoms with Gasteiger partial charge >= 0.3 is 0 Å². The average Bonchev–Trinajstić information content (AvgIpc) is 3.43. The standard InChI is InChI=1S/C21H22ClN3O3S/c1-2-9-24-13-17(4-8-21(24)26)25-12-16(11-23-25)19-7-3-15(10-20(19)22)14-29(27,28)18-5-6-18/h3-4,7-8,10-13,18H,2,5-6,9,14H2,1H3. The Morgan fingerprint density at radius 3 is 2.66 bits per heavy atom. The van der Waals surface area contributed by atoms with Crippen molar-refractivity contribution < 1.29 is 8.42 Å². The molecule has 8 heteroatoms. The lowest BCUT2D eigenvalue weighted by Gasteiger charge is -2.08. The Morgan fingerprint density at radius 1 is 1.17 bits per heavy atom. The highest BCUT2D eigenvalue weighted by Crippen LogP contribution is 2.33. The molecule has 1 aliphatic carbocycles. The third-order valence-corrected chi connectivity index (χ3v) is 7.56. The topological polar surface area (TPSA) is 74.0 Å². The maximum Gasteiger partial charge on any atom is 0.250 e. The molecule has 1 fully saturated rings. The molecular formula is C21H22ClN3O3S. The van der Waals surface area contributed by atoms with Crippen molar-refractivity contribution in [1.29, 1.82) is 0 Å². The van der Waals surface area contributed by atoms with E-state index in [1.165, 1.54) is 6.07 Å². The summed E-state index contributed by atoms with van der Waals surface area (Å²) in [5, 5.41) is 4.70. The molecule has 0 unspecified atom stereocenters. The van der Waals surface area contributed by atoms with Crippen LogP contribution in [-0.2, 0) is 22.1 Å². The Balaban J connectivity index is 1.59. The molecule has 2 heterocycles. The van der Waals surface area contributed by atoms with Crippen molar-refractivity contribution >= 4 is 21.4 Å². The van der Waals surface area contributed by atoms with E-state index in [1.807, 2.05) is 19.2 Å². The maximum absolute atomic E-state index is 12.2. The molecule has 0 bridgehead atoms. The number of aryl methyl sites for hydroxylation is 1. The van der Waals surface area contributed by atoms with Crippen molar-refractivity contribution in [3.63, 3.8) is 0 Å². The SMILES string of the molecule is CCCn1cc(-n2cc(-c3ccc(CS(=O)(=O)C4CC4)cc3Cl)cn2)ccc1=O. The maximum atomic E-state index is 12.2. The van der Waals surface area contributed by atoms with Crippen LogP contribution in [0.25, 0.3) is 16.8 Å². The molecular weight excluding hydrogens is 410 g/mol. The number of hydrogen-bond acceptors (Lipinski definition) is 4. The summed E-state index contributed by atoms with van der Waals surface area (Å²) in [5.74, 6) is 0.0237. The summed E-state index contributed by atoms with van der Waals surface area (Å²) in [5.41, 5.74) is 3.05. The third kappa shape index (κ3) is 4.31. The minimum Gasteiger partial charge on any atom is -0.313 e. The molecule has 0 radical (unpaired) electrons. The van der Waals surface area contributed by atoms with Crippen molar-refractivity contribution in [3.8, 4) is 16.8 Å². The van der Waals surface area contributed by atoms with Gasteiger partial charge in [-0.15, -0.1) is 0 Å². The Kier molecular flexibility index (Phi) is 5.36. The van der Waals surface area contributed by atoms with Gasteiger partial charge in [0, 0.05) is 41.2 Å². The smallest absolute Gasteiger partial charge is 0.250 e. The molecule has 0 spiro atoms. The van der Waals surface area contributed by atoms with Gasteiger partial charge in [-0.3, -0.25) is 4.79 Å². The normalized spacial score (nSPS) is 14.3. The molecule has 152 valence electrons. The molecule has 1 saturated carbocycles. The predicted molar refractivity (Wildman–Crippen MR) is 114 cm³/mol. The van der Waals surface area contributed by atoms with Crippen molar-refractivity contribution in [3.05, 3.63) is 69.9 Å². The number of rotatable bonds is 7. The number of nitrogens with zero attached hydrogens (tertiary/aromatic N) is 3. The molecule has 0 N–H and O–H groups in total. The van der Waals surface area contributed by atoms with Crippen LogP contribution in [0.1, 0.15) is 31.7 Å². The first kappa shape index (κ1) is 19.9. The van der Waals surface area contributed by atoms with Crippen LogP contribution in [0.3, 0.4) is 0 Å². The Bertz CT molecular complexity index is 1210. The first-order valence-electron chi connectivity index (χ1n) is 9.63. The van der Waals surface area contributed by atoms with Crippen LogP contribution in [0.5, 0.6) is 0 Å². The van der Waals surface area contributed by atoms with Crippen molar-refractivity contribution in [2.24, 2.45) is 0 Å². The Labute approximate surface area is 174 Å². The van der Waals surface area contributed by atoms with Gasteiger partial charge in [0.15, 0.2) is 9.84 Å². The van der Waals surface area contributed by atoms with Crippen molar-refractivity contribution in [1.82, 2.24) is 14.3 Å². The highest BCUT2D eigenvalue weighted by atomic mass is 35.5. The van der Waals surface area contributed by atoms with E-state index in [9.17, 15) is 13.2 Å². The van der Waals surface area contributed by atoms with Gasteiger partial charge < -0.3 is 4.57 Å². The summed E-state index contributed by atoms with van der Waals surface area (Å²) < 4.78 is 27.8. The lowest BCUT2D eigenvalue weighted by molar-refractivity contribution is 0.594. The first-order valence-corrected chi connectivity index (χ1v) is 11.7. The average molecular weight is 432 g/mol. The molecule has 0 aliphatic heterocycles. The van der Waals surface area contributed by atoms with E-state index in [2.05, 4.69) is 5.10 Å². The molecule has 2 aromatic heterocycles. The van der Waals surface area contributed by atoms with Crippen LogP contribution < -0.4 is 5.56 Å². The summed E-state index contributed by atoms with van der Waals surface area (Å²) in [4.78, 5) is 11.9. The fourth-order valence-corrected chi connectivity index (χ4v) is 5.38.